The zero-order chi connectivity index (χ0) is 20.4. The van der Waals surface area contributed by atoms with E-state index in [0.29, 0.717) is 28.2 Å². The molecule has 150 valence electrons. The molecule has 0 saturated heterocycles. The zero-order valence-electron chi connectivity index (χ0n) is 16.4. The van der Waals surface area contributed by atoms with Crippen LogP contribution in [0.5, 0.6) is 11.5 Å². The molecule has 0 saturated carbocycles. The van der Waals surface area contributed by atoms with Crippen LogP contribution < -0.4 is 14.8 Å². The Bertz CT molecular complexity index is 797. The van der Waals surface area contributed by atoms with Gasteiger partial charge < -0.3 is 14.8 Å². The summed E-state index contributed by atoms with van der Waals surface area (Å²) < 4.78 is 11.3. The van der Waals surface area contributed by atoms with Crippen LogP contribution in [-0.2, 0) is 6.61 Å². The third kappa shape index (κ3) is 7.02. The number of thiocarbonyl (C=S) groups is 1. The molecule has 0 aromatic heterocycles. The standard InChI is InChI=1S/C21H26ClN3O2S/c1-4-5-12-23-21(28)25(2)24-14-17-8-11-19(20(13-17)26-3)27-15-16-6-9-18(22)10-7-16/h6-11,13-14H,4-5,12,15H2,1-3H3,(H,23,28)/b24-14-. The summed E-state index contributed by atoms with van der Waals surface area (Å²) in [6.45, 7) is 3.42. The number of hydrazone groups is 1. The Morgan fingerprint density at radius 1 is 1.21 bits per heavy atom. The minimum Gasteiger partial charge on any atom is -0.493 e. The van der Waals surface area contributed by atoms with E-state index in [9.17, 15) is 0 Å². The monoisotopic (exact) mass is 419 g/mol. The molecule has 2 aromatic carbocycles. The molecule has 7 heteroatoms. The lowest BCUT2D eigenvalue weighted by molar-refractivity contribution is 0.284. The van der Waals surface area contributed by atoms with Crippen molar-refractivity contribution < 1.29 is 9.47 Å². The maximum atomic E-state index is 5.91. The van der Waals surface area contributed by atoms with Crippen molar-refractivity contribution in [3.05, 3.63) is 58.6 Å². The zero-order valence-corrected chi connectivity index (χ0v) is 18.0. The lowest BCUT2D eigenvalue weighted by Gasteiger charge is -2.15. The van der Waals surface area contributed by atoms with Crippen LogP contribution in [0.2, 0.25) is 5.02 Å². The molecule has 28 heavy (non-hydrogen) atoms. The molecule has 0 bridgehead atoms. The average Bonchev–Trinajstić information content (AvgIpc) is 2.71. The van der Waals surface area contributed by atoms with E-state index in [4.69, 9.17) is 33.3 Å². The number of benzene rings is 2. The van der Waals surface area contributed by atoms with Crippen molar-refractivity contribution in [1.82, 2.24) is 10.3 Å². The Labute approximate surface area is 177 Å². The van der Waals surface area contributed by atoms with E-state index < -0.39 is 0 Å². The van der Waals surface area contributed by atoms with Crippen molar-refractivity contribution in [1.29, 1.82) is 0 Å². The van der Waals surface area contributed by atoms with Crippen LogP contribution in [0, 0.1) is 0 Å². The van der Waals surface area contributed by atoms with Crippen LogP contribution in [0.3, 0.4) is 0 Å². The van der Waals surface area contributed by atoms with E-state index >= 15 is 0 Å². The van der Waals surface area contributed by atoms with Gasteiger partial charge in [-0.25, -0.2) is 5.01 Å². The van der Waals surface area contributed by atoms with Gasteiger partial charge in [-0.1, -0.05) is 37.1 Å². The van der Waals surface area contributed by atoms with Gasteiger partial charge in [-0.2, -0.15) is 5.10 Å². The molecule has 2 aromatic rings. The molecule has 0 aliphatic rings. The molecular formula is C21H26ClN3O2S. The highest BCUT2D eigenvalue weighted by Crippen LogP contribution is 2.28. The Morgan fingerprint density at radius 3 is 2.64 bits per heavy atom. The summed E-state index contributed by atoms with van der Waals surface area (Å²) in [5.74, 6) is 1.31. The number of unbranched alkanes of at least 4 members (excludes halogenated alkanes) is 1. The lowest BCUT2D eigenvalue weighted by atomic mass is 10.2. The fourth-order valence-electron chi connectivity index (χ4n) is 2.32. The van der Waals surface area contributed by atoms with Gasteiger partial charge in [0.15, 0.2) is 16.6 Å². The fourth-order valence-corrected chi connectivity index (χ4v) is 2.59. The fraction of sp³-hybridized carbons (Fsp3) is 0.333. The molecule has 1 N–H and O–H groups in total. The van der Waals surface area contributed by atoms with Crippen LogP contribution in [0.15, 0.2) is 47.6 Å². The Hall–Kier alpha value is -2.31. The first-order valence-electron chi connectivity index (χ1n) is 9.14. The molecule has 0 heterocycles. The molecule has 0 fully saturated rings. The minimum atomic E-state index is 0.432. The maximum Gasteiger partial charge on any atom is 0.189 e. The second-order valence-electron chi connectivity index (χ2n) is 6.18. The number of hydrogen-bond acceptors (Lipinski definition) is 4. The SMILES string of the molecule is CCCCNC(=S)N(C)/N=C\c1ccc(OCc2ccc(Cl)cc2)c(OC)c1. The van der Waals surface area contributed by atoms with Gasteiger partial charge in [-0.15, -0.1) is 0 Å². The Morgan fingerprint density at radius 2 is 1.96 bits per heavy atom. The van der Waals surface area contributed by atoms with Crippen LogP contribution in [0.1, 0.15) is 30.9 Å². The van der Waals surface area contributed by atoms with Gasteiger partial charge in [0.25, 0.3) is 0 Å². The summed E-state index contributed by atoms with van der Waals surface area (Å²) in [5.41, 5.74) is 1.92. The molecule has 0 unspecified atom stereocenters. The minimum absolute atomic E-state index is 0.432. The van der Waals surface area contributed by atoms with Crippen LogP contribution in [-0.4, -0.2) is 37.0 Å². The van der Waals surface area contributed by atoms with E-state index in [-0.39, 0.29) is 0 Å². The molecule has 0 spiro atoms. The number of nitrogens with zero attached hydrogens (tertiary/aromatic N) is 2. The second-order valence-corrected chi connectivity index (χ2v) is 7.00. The number of nitrogens with one attached hydrogen (secondary N) is 1. The highest BCUT2D eigenvalue weighted by atomic mass is 35.5. The van der Waals surface area contributed by atoms with Gasteiger partial charge in [0.05, 0.1) is 13.3 Å². The largest absolute Gasteiger partial charge is 0.493 e. The van der Waals surface area contributed by atoms with Crippen molar-refractivity contribution in [2.75, 3.05) is 20.7 Å². The predicted octanol–water partition coefficient (Wildman–Crippen LogP) is 4.87. The second kappa shape index (κ2) is 11.5. The lowest BCUT2D eigenvalue weighted by Crippen LogP contribution is -2.34. The average molecular weight is 420 g/mol. The number of ether oxygens (including phenoxy) is 2. The Balaban J connectivity index is 1.97. The maximum absolute atomic E-state index is 5.91. The first kappa shape index (κ1) is 22.0. The van der Waals surface area contributed by atoms with Crippen molar-refractivity contribution in [3.8, 4) is 11.5 Å². The van der Waals surface area contributed by atoms with Crippen LogP contribution in [0.4, 0.5) is 0 Å². The van der Waals surface area contributed by atoms with Crippen molar-refractivity contribution in [2.45, 2.75) is 26.4 Å². The topological polar surface area (TPSA) is 46.1 Å². The van der Waals surface area contributed by atoms with E-state index in [1.807, 2.05) is 49.5 Å². The van der Waals surface area contributed by atoms with Crippen LogP contribution >= 0.6 is 23.8 Å². The van der Waals surface area contributed by atoms with Gasteiger partial charge in [-0.05, 0) is 60.1 Å². The summed E-state index contributed by atoms with van der Waals surface area (Å²) in [6, 6.07) is 13.2. The van der Waals surface area contributed by atoms with E-state index in [1.54, 1.807) is 18.3 Å². The molecular weight excluding hydrogens is 394 g/mol. The third-order valence-corrected chi connectivity index (χ3v) is 4.64. The van der Waals surface area contributed by atoms with Gasteiger partial charge in [-0.3, -0.25) is 0 Å². The van der Waals surface area contributed by atoms with E-state index in [2.05, 4.69) is 17.3 Å². The molecule has 0 amide bonds. The molecule has 5 nitrogen and oxygen atoms in total. The summed E-state index contributed by atoms with van der Waals surface area (Å²) >= 11 is 11.2. The van der Waals surface area contributed by atoms with Gasteiger partial charge >= 0.3 is 0 Å². The Kier molecular flexibility index (Phi) is 9.04. The highest BCUT2D eigenvalue weighted by molar-refractivity contribution is 7.80. The van der Waals surface area contributed by atoms with Gasteiger partial charge in [0.2, 0.25) is 0 Å². The first-order chi connectivity index (χ1) is 13.5. The number of rotatable bonds is 9. The summed E-state index contributed by atoms with van der Waals surface area (Å²) in [4.78, 5) is 0. The van der Waals surface area contributed by atoms with E-state index in [0.717, 1.165) is 30.5 Å². The molecule has 0 aliphatic carbocycles. The molecule has 2 rings (SSSR count). The normalized spacial score (nSPS) is 10.7. The summed E-state index contributed by atoms with van der Waals surface area (Å²) in [6.07, 6.45) is 3.93. The molecule has 0 aliphatic heterocycles. The van der Waals surface area contributed by atoms with Crippen molar-refractivity contribution >= 4 is 35.1 Å². The third-order valence-electron chi connectivity index (χ3n) is 3.98. The number of halogens is 1. The predicted molar refractivity (Wildman–Crippen MR) is 120 cm³/mol. The molecule has 0 radical (unpaired) electrons. The quantitative estimate of drug-likeness (QED) is 0.272. The van der Waals surface area contributed by atoms with Crippen molar-refractivity contribution in [2.24, 2.45) is 5.10 Å². The number of hydrogen-bond donors (Lipinski definition) is 1. The first-order valence-corrected chi connectivity index (χ1v) is 9.93. The summed E-state index contributed by atoms with van der Waals surface area (Å²) in [7, 11) is 3.43. The highest BCUT2D eigenvalue weighted by Gasteiger charge is 2.06. The van der Waals surface area contributed by atoms with Gasteiger partial charge in [0, 0.05) is 18.6 Å². The summed E-state index contributed by atoms with van der Waals surface area (Å²) in [5, 5.41) is 10.5. The van der Waals surface area contributed by atoms with E-state index in [1.165, 1.54) is 0 Å². The van der Waals surface area contributed by atoms with Crippen molar-refractivity contribution in [3.63, 3.8) is 0 Å². The number of methoxy groups -OCH3 is 1. The smallest absolute Gasteiger partial charge is 0.189 e. The van der Waals surface area contributed by atoms with Gasteiger partial charge in [0.1, 0.15) is 6.61 Å². The molecule has 0 atom stereocenters. The van der Waals surface area contributed by atoms with Crippen LogP contribution in [0.25, 0.3) is 0 Å².